The fourth-order valence-corrected chi connectivity index (χ4v) is 1.91. The number of piperazine rings is 1. The molecule has 2 atom stereocenters. The van der Waals surface area contributed by atoms with E-state index in [-0.39, 0.29) is 24.7 Å². The van der Waals surface area contributed by atoms with Gasteiger partial charge in [0.05, 0.1) is 6.33 Å². The zero-order valence-corrected chi connectivity index (χ0v) is 10.0. The molecule has 0 unspecified atom stereocenters. The number of carbonyl (C=O) groups excluding carboxylic acids is 2. The molecule has 1 aliphatic rings. The molecule has 4 N–H and O–H groups in total. The van der Waals surface area contributed by atoms with Gasteiger partial charge in [-0.05, 0) is 6.42 Å². The Kier molecular flexibility index (Phi) is 3.79. The summed E-state index contributed by atoms with van der Waals surface area (Å²) in [7, 11) is 0. The third-order valence-electron chi connectivity index (χ3n) is 2.89. The minimum Gasteiger partial charge on any atom is -0.481 e. The van der Waals surface area contributed by atoms with Crippen molar-refractivity contribution in [3.8, 4) is 0 Å². The predicted octanol–water partition coefficient (Wildman–Crippen LogP) is -1.20. The summed E-state index contributed by atoms with van der Waals surface area (Å²) in [4.78, 5) is 40.7. The van der Waals surface area contributed by atoms with Gasteiger partial charge >= 0.3 is 5.97 Å². The number of nitrogens with one attached hydrogen (secondary N) is 3. The fourth-order valence-electron chi connectivity index (χ4n) is 1.91. The first-order valence-electron chi connectivity index (χ1n) is 5.86. The number of aromatic nitrogens is 2. The van der Waals surface area contributed by atoms with E-state index in [1.54, 1.807) is 6.20 Å². The van der Waals surface area contributed by atoms with Crippen LogP contribution in [0.2, 0.25) is 0 Å². The van der Waals surface area contributed by atoms with Gasteiger partial charge in [0.1, 0.15) is 12.1 Å². The zero-order chi connectivity index (χ0) is 13.8. The van der Waals surface area contributed by atoms with E-state index in [0.717, 1.165) is 5.69 Å². The molecular formula is C11H14N4O4. The molecule has 8 nitrogen and oxygen atoms in total. The molecule has 0 aromatic carbocycles. The highest BCUT2D eigenvalue weighted by atomic mass is 16.4. The lowest BCUT2D eigenvalue weighted by atomic mass is 10.0. The summed E-state index contributed by atoms with van der Waals surface area (Å²) in [5.74, 6) is -1.67. The Labute approximate surface area is 108 Å². The molecule has 1 saturated heterocycles. The van der Waals surface area contributed by atoms with Crippen molar-refractivity contribution < 1.29 is 19.5 Å². The lowest BCUT2D eigenvalue weighted by molar-refractivity contribution is -0.139. The van der Waals surface area contributed by atoms with Crippen LogP contribution in [0.1, 0.15) is 18.5 Å². The van der Waals surface area contributed by atoms with Crippen molar-refractivity contribution in [3.05, 3.63) is 18.2 Å². The Morgan fingerprint density at radius 1 is 1.26 bits per heavy atom. The van der Waals surface area contributed by atoms with Crippen molar-refractivity contribution in [2.24, 2.45) is 0 Å². The van der Waals surface area contributed by atoms with Crippen LogP contribution in [0, 0.1) is 0 Å². The van der Waals surface area contributed by atoms with Crippen molar-refractivity contribution in [2.45, 2.75) is 31.3 Å². The van der Waals surface area contributed by atoms with Gasteiger partial charge < -0.3 is 20.7 Å². The number of aromatic amines is 1. The van der Waals surface area contributed by atoms with Crippen molar-refractivity contribution >= 4 is 17.8 Å². The second-order valence-electron chi connectivity index (χ2n) is 4.34. The second kappa shape index (κ2) is 5.51. The van der Waals surface area contributed by atoms with E-state index in [1.165, 1.54) is 6.33 Å². The number of carboxylic acids is 1. The molecule has 1 aromatic heterocycles. The summed E-state index contributed by atoms with van der Waals surface area (Å²) in [6, 6.07) is -1.43. The predicted molar refractivity (Wildman–Crippen MR) is 63.0 cm³/mol. The molecule has 1 fully saturated rings. The fraction of sp³-hybridized carbons (Fsp3) is 0.455. The summed E-state index contributed by atoms with van der Waals surface area (Å²) in [6.45, 7) is 0. The van der Waals surface area contributed by atoms with Crippen LogP contribution >= 0.6 is 0 Å². The minimum absolute atomic E-state index is 0.0870. The molecule has 0 bridgehead atoms. The Morgan fingerprint density at radius 3 is 2.58 bits per heavy atom. The number of carbonyl (C=O) groups is 3. The number of carboxylic acid groups (broad SMARTS) is 1. The quantitative estimate of drug-likeness (QED) is 0.533. The van der Waals surface area contributed by atoms with Crippen molar-refractivity contribution in [2.75, 3.05) is 0 Å². The maximum Gasteiger partial charge on any atom is 0.303 e. The van der Waals surface area contributed by atoms with Crippen LogP contribution in [0.15, 0.2) is 12.5 Å². The van der Waals surface area contributed by atoms with Crippen molar-refractivity contribution in [1.29, 1.82) is 0 Å². The number of amides is 2. The van der Waals surface area contributed by atoms with Gasteiger partial charge in [0.25, 0.3) is 0 Å². The lowest BCUT2D eigenvalue weighted by Crippen LogP contribution is -2.62. The first-order chi connectivity index (χ1) is 9.06. The molecule has 0 aliphatic carbocycles. The first kappa shape index (κ1) is 13.1. The molecule has 1 aromatic rings. The minimum atomic E-state index is -0.998. The van der Waals surface area contributed by atoms with E-state index in [2.05, 4.69) is 20.6 Å². The first-order valence-corrected chi connectivity index (χ1v) is 5.86. The van der Waals surface area contributed by atoms with Crippen LogP contribution in [-0.2, 0) is 20.8 Å². The number of aliphatic carboxylic acids is 1. The number of imidazole rings is 1. The van der Waals surface area contributed by atoms with E-state index in [1.807, 2.05) is 0 Å². The van der Waals surface area contributed by atoms with Crippen LogP contribution in [0.5, 0.6) is 0 Å². The smallest absolute Gasteiger partial charge is 0.303 e. The molecule has 2 rings (SSSR count). The number of hydrogen-bond donors (Lipinski definition) is 4. The van der Waals surface area contributed by atoms with Gasteiger partial charge in [-0.1, -0.05) is 0 Å². The third-order valence-corrected chi connectivity index (χ3v) is 2.89. The summed E-state index contributed by atoms with van der Waals surface area (Å²) >= 11 is 0. The molecule has 0 saturated carbocycles. The maximum atomic E-state index is 11.8. The average molecular weight is 266 g/mol. The highest BCUT2D eigenvalue weighted by Crippen LogP contribution is 2.07. The van der Waals surface area contributed by atoms with Gasteiger partial charge in [-0.25, -0.2) is 4.98 Å². The van der Waals surface area contributed by atoms with Crippen LogP contribution in [0.25, 0.3) is 0 Å². The van der Waals surface area contributed by atoms with Gasteiger partial charge in [-0.2, -0.15) is 0 Å². The highest BCUT2D eigenvalue weighted by Gasteiger charge is 2.33. The Hall–Kier alpha value is -2.38. The largest absolute Gasteiger partial charge is 0.481 e. The number of H-pyrrole nitrogens is 1. The molecule has 2 heterocycles. The van der Waals surface area contributed by atoms with Gasteiger partial charge in [0.15, 0.2) is 0 Å². The number of rotatable bonds is 5. The molecule has 2 amide bonds. The molecular weight excluding hydrogens is 252 g/mol. The summed E-state index contributed by atoms with van der Waals surface area (Å²) < 4.78 is 0. The second-order valence-corrected chi connectivity index (χ2v) is 4.34. The average Bonchev–Trinajstić information content (AvgIpc) is 2.84. The van der Waals surface area contributed by atoms with E-state index in [9.17, 15) is 14.4 Å². The van der Waals surface area contributed by atoms with Crippen molar-refractivity contribution in [1.82, 2.24) is 20.6 Å². The normalized spacial score (nSPS) is 22.7. The Balaban J connectivity index is 1.92. The van der Waals surface area contributed by atoms with Crippen LogP contribution in [0.4, 0.5) is 0 Å². The Bertz CT molecular complexity index is 485. The maximum absolute atomic E-state index is 11.8. The summed E-state index contributed by atoms with van der Waals surface area (Å²) in [6.07, 6.45) is 3.32. The third kappa shape index (κ3) is 3.30. The summed E-state index contributed by atoms with van der Waals surface area (Å²) in [5.41, 5.74) is 0.740. The monoisotopic (exact) mass is 266 g/mol. The Morgan fingerprint density at radius 2 is 1.95 bits per heavy atom. The van der Waals surface area contributed by atoms with Crippen LogP contribution < -0.4 is 10.6 Å². The van der Waals surface area contributed by atoms with Gasteiger partial charge in [-0.3, -0.25) is 14.4 Å². The number of hydrogen-bond acceptors (Lipinski definition) is 4. The molecule has 1 aliphatic heterocycles. The van der Waals surface area contributed by atoms with E-state index in [4.69, 9.17) is 5.11 Å². The van der Waals surface area contributed by atoms with Gasteiger partial charge in [0.2, 0.25) is 11.8 Å². The van der Waals surface area contributed by atoms with Gasteiger partial charge in [-0.15, -0.1) is 0 Å². The number of nitrogens with zero attached hydrogens (tertiary/aromatic N) is 1. The summed E-state index contributed by atoms with van der Waals surface area (Å²) in [5, 5.41) is 13.7. The van der Waals surface area contributed by atoms with Crippen molar-refractivity contribution in [3.63, 3.8) is 0 Å². The molecule has 102 valence electrons. The lowest BCUT2D eigenvalue weighted by Gasteiger charge is -2.29. The van der Waals surface area contributed by atoms with Gasteiger partial charge in [0, 0.05) is 24.7 Å². The highest BCUT2D eigenvalue weighted by molar-refractivity contribution is 5.97. The zero-order valence-electron chi connectivity index (χ0n) is 10.0. The standard InChI is InChI=1S/C11H14N4O4/c16-9(17)2-1-7-10(18)15-8(11(19)14-7)3-6-4-12-5-13-6/h4-5,7-8H,1-3H2,(H,12,13)(H,14,19)(H,15,18)(H,16,17)/t7-,8-/m0/s1. The van der Waals surface area contributed by atoms with E-state index >= 15 is 0 Å². The topological polar surface area (TPSA) is 124 Å². The van der Waals surface area contributed by atoms with Crippen LogP contribution in [-0.4, -0.2) is 44.9 Å². The molecule has 8 heteroatoms. The molecule has 0 spiro atoms. The van der Waals surface area contributed by atoms with E-state index in [0.29, 0.717) is 6.42 Å². The van der Waals surface area contributed by atoms with E-state index < -0.39 is 18.1 Å². The molecule has 19 heavy (non-hydrogen) atoms. The molecule has 0 radical (unpaired) electrons. The van der Waals surface area contributed by atoms with Crippen LogP contribution in [0.3, 0.4) is 0 Å². The SMILES string of the molecule is O=C(O)CC[C@@H]1NC(=O)[C@H](Cc2cnc[nH]2)NC1=O.